The van der Waals surface area contributed by atoms with Crippen LogP contribution >= 0.6 is 0 Å². The Kier molecular flexibility index (Phi) is 3.08. The molecule has 0 saturated carbocycles. The molecule has 2 rings (SSSR count). The van der Waals surface area contributed by atoms with Crippen molar-refractivity contribution in [2.75, 3.05) is 25.5 Å². The number of nitrogens with zero attached hydrogens (tertiary/aromatic N) is 3. The van der Waals surface area contributed by atoms with Gasteiger partial charge in [-0.3, -0.25) is 0 Å². The van der Waals surface area contributed by atoms with E-state index in [1.54, 1.807) is 0 Å². The third-order valence-corrected chi connectivity index (χ3v) is 3.01. The monoisotopic (exact) mass is 234 g/mol. The molecule has 0 amide bonds. The van der Waals surface area contributed by atoms with Gasteiger partial charge in [0.1, 0.15) is 11.6 Å². The van der Waals surface area contributed by atoms with E-state index >= 15 is 0 Å². The largest absolute Gasteiger partial charge is 0.362 e. The smallest absolute Gasteiger partial charge is 0.136 e. The van der Waals surface area contributed by atoms with Crippen molar-refractivity contribution < 1.29 is 0 Å². The van der Waals surface area contributed by atoms with Gasteiger partial charge in [-0.2, -0.15) is 0 Å². The predicted octanol–water partition coefficient (Wildman–Crippen LogP) is 1.49. The van der Waals surface area contributed by atoms with Crippen LogP contribution in [0.25, 0.3) is 0 Å². The molecule has 0 saturated heterocycles. The van der Waals surface area contributed by atoms with Gasteiger partial charge in [0.05, 0.1) is 5.69 Å². The molecule has 0 aliphatic carbocycles. The molecule has 1 aliphatic rings. The highest BCUT2D eigenvalue weighted by Gasteiger charge is 2.24. The van der Waals surface area contributed by atoms with Gasteiger partial charge in [0, 0.05) is 31.6 Å². The summed E-state index contributed by atoms with van der Waals surface area (Å²) in [5.41, 5.74) is 2.47. The summed E-state index contributed by atoms with van der Waals surface area (Å²) >= 11 is 0. The molecule has 0 aromatic carbocycles. The summed E-state index contributed by atoms with van der Waals surface area (Å²) in [5.74, 6) is 2.02. The molecule has 4 nitrogen and oxygen atoms in total. The number of rotatable bonds is 1. The van der Waals surface area contributed by atoms with Gasteiger partial charge in [-0.15, -0.1) is 0 Å². The van der Waals surface area contributed by atoms with E-state index < -0.39 is 0 Å². The van der Waals surface area contributed by atoms with Gasteiger partial charge in [-0.05, 0) is 13.0 Å². The first-order valence-electron chi connectivity index (χ1n) is 6.18. The fraction of sp³-hybridized carbons (Fsp3) is 0.692. The number of nitrogens with one attached hydrogen (secondary N) is 1. The minimum absolute atomic E-state index is 0.00274. The van der Waals surface area contributed by atoms with Crippen LogP contribution in [-0.2, 0) is 18.4 Å². The lowest BCUT2D eigenvalue weighted by Gasteiger charge is -2.26. The Morgan fingerprint density at radius 2 is 1.88 bits per heavy atom. The average Bonchev–Trinajstić information content (AvgIpc) is 2.26. The Morgan fingerprint density at radius 1 is 1.18 bits per heavy atom. The first kappa shape index (κ1) is 12.3. The molecule has 4 heteroatoms. The molecule has 1 aromatic rings. The second kappa shape index (κ2) is 4.26. The molecule has 0 fully saturated rings. The Bertz CT molecular complexity index is 418. The molecular formula is C13H22N4. The first-order valence-corrected chi connectivity index (χ1v) is 6.18. The van der Waals surface area contributed by atoms with Gasteiger partial charge >= 0.3 is 0 Å². The van der Waals surface area contributed by atoms with E-state index in [4.69, 9.17) is 9.97 Å². The van der Waals surface area contributed by atoms with Crippen molar-refractivity contribution in [3.8, 4) is 0 Å². The van der Waals surface area contributed by atoms with Crippen molar-refractivity contribution in [1.82, 2.24) is 15.3 Å². The van der Waals surface area contributed by atoms with Gasteiger partial charge in [0.15, 0.2) is 0 Å². The number of aromatic nitrogens is 2. The van der Waals surface area contributed by atoms with E-state index in [2.05, 4.69) is 45.1 Å². The maximum Gasteiger partial charge on any atom is 0.136 e. The summed E-state index contributed by atoms with van der Waals surface area (Å²) < 4.78 is 0. The summed E-state index contributed by atoms with van der Waals surface area (Å²) in [7, 11) is 4.11. The summed E-state index contributed by atoms with van der Waals surface area (Å²) in [6.07, 6.45) is 1.02. The molecule has 1 aliphatic heterocycles. The molecule has 0 unspecified atom stereocenters. The molecule has 0 radical (unpaired) electrons. The number of anilines is 1. The molecule has 94 valence electrons. The Balaban J connectivity index is 2.56. The quantitative estimate of drug-likeness (QED) is 0.799. The highest BCUT2D eigenvalue weighted by Crippen LogP contribution is 2.27. The van der Waals surface area contributed by atoms with Crippen LogP contribution in [-0.4, -0.2) is 30.6 Å². The van der Waals surface area contributed by atoms with Crippen LogP contribution in [0.2, 0.25) is 0 Å². The van der Waals surface area contributed by atoms with Crippen LogP contribution in [0.1, 0.15) is 37.9 Å². The van der Waals surface area contributed by atoms with Crippen molar-refractivity contribution in [3.05, 3.63) is 17.1 Å². The molecule has 17 heavy (non-hydrogen) atoms. The maximum atomic E-state index is 4.74. The van der Waals surface area contributed by atoms with Gasteiger partial charge < -0.3 is 10.2 Å². The molecule has 1 aromatic heterocycles. The summed E-state index contributed by atoms with van der Waals surface area (Å²) in [6.45, 7) is 8.35. The SMILES string of the molecule is CN(C)c1nc(C(C)(C)C)nc2c1CCNC2. The van der Waals surface area contributed by atoms with Gasteiger partial charge in [-0.25, -0.2) is 9.97 Å². The molecule has 0 bridgehead atoms. The first-order chi connectivity index (χ1) is 7.89. The Morgan fingerprint density at radius 3 is 2.47 bits per heavy atom. The topological polar surface area (TPSA) is 41.1 Å². The molecular weight excluding hydrogens is 212 g/mol. The van der Waals surface area contributed by atoms with Crippen molar-refractivity contribution in [1.29, 1.82) is 0 Å². The van der Waals surface area contributed by atoms with Crippen LogP contribution in [0.5, 0.6) is 0 Å². The van der Waals surface area contributed by atoms with Gasteiger partial charge in [-0.1, -0.05) is 20.8 Å². The average molecular weight is 234 g/mol. The van der Waals surface area contributed by atoms with E-state index in [0.29, 0.717) is 0 Å². The molecule has 0 spiro atoms. The van der Waals surface area contributed by atoms with E-state index in [9.17, 15) is 0 Å². The molecule has 2 heterocycles. The highest BCUT2D eigenvalue weighted by atomic mass is 15.2. The van der Waals surface area contributed by atoms with Crippen LogP contribution in [0.4, 0.5) is 5.82 Å². The molecule has 0 atom stereocenters. The fourth-order valence-corrected chi connectivity index (χ4v) is 2.04. The Hall–Kier alpha value is -1.16. The predicted molar refractivity (Wildman–Crippen MR) is 70.5 cm³/mol. The van der Waals surface area contributed by atoms with Gasteiger partial charge in [0.2, 0.25) is 0 Å². The van der Waals surface area contributed by atoms with Gasteiger partial charge in [0.25, 0.3) is 0 Å². The second-order valence-electron chi connectivity index (χ2n) is 5.87. The zero-order valence-corrected chi connectivity index (χ0v) is 11.5. The second-order valence-corrected chi connectivity index (χ2v) is 5.87. The van der Waals surface area contributed by atoms with Crippen LogP contribution in [0.15, 0.2) is 0 Å². The third-order valence-electron chi connectivity index (χ3n) is 3.01. The molecule has 1 N–H and O–H groups in total. The zero-order chi connectivity index (χ0) is 12.6. The van der Waals surface area contributed by atoms with Crippen molar-refractivity contribution in [2.24, 2.45) is 0 Å². The van der Waals surface area contributed by atoms with E-state index in [1.807, 2.05) is 0 Å². The standard InChI is InChI=1S/C13H22N4/c1-13(2,3)12-15-10-8-14-7-6-9(10)11(16-12)17(4)5/h14H,6-8H2,1-5H3. The summed E-state index contributed by atoms with van der Waals surface area (Å²) in [6, 6.07) is 0. The van der Waals surface area contributed by atoms with Crippen LogP contribution in [0, 0.1) is 0 Å². The fourth-order valence-electron chi connectivity index (χ4n) is 2.04. The number of hydrogen-bond acceptors (Lipinski definition) is 4. The van der Waals surface area contributed by atoms with Crippen molar-refractivity contribution >= 4 is 5.82 Å². The van der Waals surface area contributed by atoms with E-state index in [0.717, 1.165) is 31.2 Å². The minimum atomic E-state index is -0.00274. The minimum Gasteiger partial charge on any atom is -0.362 e. The number of hydrogen-bond donors (Lipinski definition) is 1. The van der Waals surface area contributed by atoms with Crippen LogP contribution in [0.3, 0.4) is 0 Å². The van der Waals surface area contributed by atoms with E-state index in [-0.39, 0.29) is 5.41 Å². The number of fused-ring (bicyclic) bond motifs is 1. The lowest BCUT2D eigenvalue weighted by molar-refractivity contribution is 0.528. The van der Waals surface area contributed by atoms with E-state index in [1.165, 1.54) is 11.3 Å². The maximum absolute atomic E-state index is 4.74. The normalized spacial score (nSPS) is 15.6. The zero-order valence-electron chi connectivity index (χ0n) is 11.5. The summed E-state index contributed by atoms with van der Waals surface area (Å²) in [5, 5.41) is 3.38. The highest BCUT2D eigenvalue weighted by molar-refractivity contribution is 5.49. The van der Waals surface area contributed by atoms with Crippen molar-refractivity contribution in [3.63, 3.8) is 0 Å². The summed E-state index contributed by atoms with van der Waals surface area (Å²) in [4.78, 5) is 11.6. The van der Waals surface area contributed by atoms with Crippen molar-refractivity contribution in [2.45, 2.75) is 39.2 Å². The third kappa shape index (κ3) is 2.41. The lowest BCUT2D eigenvalue weighted by atomic mass is 9.94. The Labute approximate surface area is 103 Å². The van der Waals surface area contributed by atoms with Crippen LogP contribution < -0.4 is 10.2 Å². The lowest BCUT2D eigenvalue weighted by Crippen LogP contribution is -2.30.